The summed E-state index contributed by atoms with van der Waals surface area (Å²) in [6.07, 6.45) is 0. The number of hydrogen-bond acceptors (Lipinski definition) is 5. The molecule has 0 unspecified atom stereocenters. The number of benzene rings is 2. The Morgan fingerprint density at radius 2 is 1.65 bits per heavy atom. The fourth-order valence-corrected chi connectivity index (χ4v) is 2.44. The fourth-order valence-electron chi connectivity index (χ4n) is 2.44. The van der Waals surface area contributed by atoms with Gasteiger partial charge < -0.3 is 14.2 Å². The lowest BCUT2D eigenvalue weighted by atomic mass is 10.1. The Balaban J connectivity index is 1.69. The van der Waals surface area contributed by atoms with E-state index in [2.05, 4.69) is 4.98 Å². The molecule has 5 nitrogen and oxygen atoms in total. The number of aromatic nitrogens is 1. The monoisotopic (exact) mass is 351 g/mol. The van der Waals surface area contributed by atoms with Crippen LogP contribution in [0.15, 0.2) is 60.7 Å². The third-order valence-electron chi connectivity index (χ3n) is 3.76. The van der Waals surface area contributed by atoms with Crippen LogP contribution in [0.4, 0.5) is 0 Å². The zero-order valence-electron chi connectivity index (χ0n) is 15.1. The molecule has 0 saturated carbocycles. The summed E-state index contributed by atoms with van der Waals surface area (Å²) in [5.74, 6) is 1.31. The van der Waals surface area contributed by atoms with Crippen molar-refractivity contribution in [3.8, 4) is 17.4 Å². The quantitative estimate of drug-likeness (QED) is 0.600. The fraction of sp³-hybridized carbons (Fsp3) is 0.238. The number of pyridine rings is 1. The molecule has 0 atom stereocenters. The van der Waals surface area contributed by atoms with Gasteiger partial charge in [0.25, 0.3) is 0 Å². The standard InChI is InChI=1S/C21H21NO4/c1-4-24-20(23)21(2,3)26-17-12-10-16(11-13-17)25-19-14-9-15-7-5-6-8-18(15)22-19/h5-14H,4H2,1-3H3. The largest absolute Gasteiger partial charge is 0.476 e. The Kier molecular flexibility index (Phi) is 5.07. The van der Waals surface area contributed by atoms with Gasteiger partial charge in [0.05, 0.1) is 12.1 Å². The number of ether oxygens (including phenoxy) is 3. The van der Waals surface area contributed by atoms with Gasteiger partial charge in [0.2, 0.25) is 5.88 Å². The second kappa shape index (κ2) is 7.44. The van der Waals surface area contributed by atoms with Crippen LogP contribution in [0, 0.1) is 0 Å². The number of hydrogen-bond donors (Lipinski definition) is 0. The van der Waals surface area contributed by atoms with E-state index in [4.69, 9.17) is 14.2 Å². The highest BCUT2D eigenvalue weighted by atomic mass is 16.6. The van der Waals surface area contributed by atoms with Crippen LogP contribution >= 0.6 is 0 Å². The number of carbonyl (C=O) groups is 1. The van der Waals surface area contributed by atoms with Crippen molar-refractivity contribution in [3.63, 3.8) is 0 Å². The molecule has 5 heteroatoms. The Hall–Kier alpha value is -3.08. The molecule has 0 N–H and O–H groups in total. The molecular formula is C21H21NO4. The summed E-state index contributed by atoms with van der Waals surface area (Å²) >= 11 is 0. The van der Waals surface area contributed by atoms with Gasteiger partial charge >= 0.3 is 5.97 Å². The minimum atomic E-state index is -1.06. The highest BCUT2D eigenvalue weighted by molar-refractivity contribution is 5.79. The first kappa shape index (κ1) is 17.7. The number of para-hydroxylation sites is 1. The van der Waals surface area contributed by atoms with Gasteiger partial charge in [-0.25, -0.2) is 9.78 Å². The molecule has 134 valence electrons. The molecule has 0 aliphatic heterocycles. The molecule has 26 heavy (non-hydrogen) atoms. The molecule has 0 aliphatic carbocycles. The van der Waals surface area contributed by atoms with Crippen molar-refractivity contribution in [2.24, 2.45) is 0 Å². The van der Waals surface area contributed by atoms with Crippen LogP contribution in [0.5, 0.6) is 17.4 Å². The topological polar surface area (TPSA) is 57.7 Å². The predicted molar refractivity (Wildman–Crippen MR) is 99.6 cm³/mol. The average molecular weight is 351 g/mol. The summed E-state index contributed by atoms with van der Waals surface area (Å²) < 4.78 is 16.6. The minimum absolute atomic E-state index is 0.317. The lowest BCUT2D eigenvalue weighted by molar-refractivity contribution is -0.158. The molecule has 1 heterocycles. The summed E-state index contributed by atoms with van der Waals surface area (Å²) in [5.41, 5.74) is -0.181. The van der Waals surface area contributed by atoms with Gasteiger partial charge in [-0.1, -0.05) is 18.2 Å². The second-order valence-corrected chi connectivity index (χ2v) is 6.25. The van der Waals surface area contributed by atoms with Crippen LogP contribution in [0.3, 0.4) is 0 Å². The van der Waals surface area contributed by atoms with E-state index in [0.717, 1.165) is 10.9 Å². The van der Waals surface area contributed by atoms with E-state index in [-0.39, 0.29) is 0 Å². The summed E-state index contributed by atoms with van der Waals surface area (Å²) in [7, 11) is 0. The normalized spacial score (nSPS) is 11.2. The average Bonchev–Trinajstić information content (AvgIpc) is 2.63. The van der Waals surface area contributed by atoms with Gasteiger partial charge in [0.15, 0.2) is 5.60 Å². The molecular weight excluding hydrogens is 330 g/mol. The zero-order valence-corrected chi connectivity index (χ0v) is 15.1. The van der Waals surface area contributed by atoms with Gasteiger partial charge in [0, 0.05) is 11.5 Å². The lowest BCUT2D eigenvalue weighted by Crippen LogP contribution is -2.39. The smallest absolute Gasteiger partial charge is 0.349 e. The maximum Gasteiger partial charge on any atom is 0.349 e. The SMILES string of the molecule is CCOC(=O)C(C)(C)Oc1ccc(Oc2ccc3ccccc3n2)cc1. The second-order valence-electron chi connectivity index (χ2n) is 6.25. The van der Waals surface area contributed by atoms with E-state index in [1.54, 1.807) is 45.0 Å². The molecule has 0 fully saturated rings. The van der Waals surface area contributed by atoms with Crippen LogP contribution < -0.4 is 9.47 Å². The molecule has 3 rings (SSSR count). The van der Waals surface area contributed by atoms with Crippen molar-refractivity contribution in [2.45, 2.75) is 26.4 Å². The van der Waals surface area contributed by atoms with Crippen LogP contribution in [0.2, 0.25) is 0 Å². The Morgan fingerprint density at radius 1 is 0.962 bits per heavy atom. The highest BCUT2D eigenvalue weighted by Gasteiger charge is 2.31. The minimum Gasteiger partial charge on any atom is -0.476 e. The molecule has 0 bridgehead atoms. The van der Waals surface area contributed by atoms with Crippen molar-refractivity contribution in [2.75, 3.05) is 6.61 Å². The molecule has 0 spiro atoms. The van der Waals surface area contributed by atoms with Gasteiger partial charge in [-0.05, 0) is 57.2 Å². The maximum absolute atomic E-state index is 11.9. The third-order valence-corrected chi connectivity index (χ3v) is 3.76. The van der Waals surface area contributed by atoms with Crippen molar-refractivity contribution < 1.29 is 19.0 Å². The van der Waals surface area contributed by atoms with Crippen LogP contribution in [-0.4, -0.2) is 23.2 Å². The van der Waals surface area contributed by atoms with E-state index in [9.17, 15) is 4.79 Å². The molecule has 2 aromatic carbocycles. The first-order chi connectivity index (χ1) is 12.5. The maximum atomic E-state index is 11.9. The van der Waals surface area contributed by atoms with Crippen molar-refractivity contribution in [3.05, 3.63) is 60.7 Å². The van der Waals surface area contributed by atoms with Crippen LogP contribution in [0.25, 0.3) is 10.9 Å². The zero-order chi connectivity index (χ0) is 18.6. The van der Waals surface area contributed by atoms with Gasteiger partial charge in [0.1, 0.15) is 11.5 Å². The number of rotatable bonds is 6. The van der Waals surface area contributed by atoms with Gasteiger partial charge in [-0.2, -0.15) is 0 Å². The van der Waals surface area contributed by atoms with Crippen LogP contribution in [0.1, 0.15) is 20.8 Å². The van der Waals surface area contributed by atoms with Gasteiger partial charge in [-0.15, -0.1) is 0 Å². The van der Waals surface area contributed by atoms with E-state index >= 15 is 0 Å². The van der Waals surface area contributed by atoms with E-state index in [1.165, 1.54) is 0 Å². The van der Waals surface area contributed by atoms with Crippen molar-refractivity contribution in [1.29, 1.82) is 0 Å². The molecule has 1 aromatic heterocycles. The third kappa shape index (κ3) is 4.11. The molecule has 0 amide bonds. The Bertz CT molecular complexity index is 903. The van der Waals surface area contributed by atoms with Crippen molar-refractivity contribution >= 4 is 16.9 Å². The van der Waals surface area contributed by atoms with Gasteiger partial charge in [-0.3, -0.25) is 0 Å². The van der Waals surface area contributed by atoms with E-state index < -0.39 is 11.6 Å². The summed E-state index contributed by atoms with van der Waals surface area (Å²) in [6.45, 7) is 5.43. The summed E-state index contributed by atoms with van der Waals surface area (Å²) in [6, 6.07) is 18.7. The van der Waals surface area contributed by atoms with E-state index in [0.29, 0.717) is 24.0 Å². The molecule has 0 saturated heterocycles. The molecule has 0 radical (unpaired) electrons. The molecule has 3 aromatic rings. The summed E-state index contributed by atoms with van der Waals surface area (Å²) in [5, 5.41) is 1.06. The Labute approximate surface area is 152 Å². The number of fused-ring (bicyclic) bond motifs is 1. The van der Waals surface area contributed by atoms with Crippen molar-refractivity contribution in [1.82, 2.24) is 4.98 Å². The number of carbonyl (C=O) groups excluding carboxylic acids is 1. The number of nitrogens with zero attached hydrogens (tertiary/aromatic N) is 1. The van der Waals surface area contributed by atoms with Crippen LogP contribution in [-0.2, 0) is 9.53 Å². The summed E-state index contributed by atoms with van der Waals surface area (Å²) in [4.78, 5) is 16.4. The Morgan fingerprint density at radius 3 is 2.38 bits per heavy atom. The van der Waals surface area contributed by atoms with E-state index in [1.807, 2.05) is 36.4 Å². The first-order valence-corrected chi connectivity index (χ1v) is 8.48. The first-order valence-electron chi connectivity index (χ1n) is 8.48. The predicted octanol–water partition coefficient (Wildman–Crippen LogP) is 4.75. The molecule has 0 aliphatic rings. The highest BCUT2D eigenvalue weighted by Crippen LogP contribution is 2.26. The lowest BCUT2D eigenvalue weighted by Gasteiger charge is -2.24. The number of esters is 1.